The van der Waals surface area contributed by atoms with E-state index < -0.39 is 0 Å². The molecule has 20 heavy (non-hydrogen) atoms. The normalized spacial score (nSPS) is 22.5. The SMILES string of the molecule is CCCC1CCC(C(=O)Oc2ccc(SC)cc2)CC1. The summed E-state index contributed by atoms with van der Waals surface area (Å²) in [6.45, 7) is 2.23. The van der Waals surface area contributed by atoms with Crippen molar-refractivity contribution in [2.45, 2.75) is 50.3 Å². The number of carbonyl (C=O) groups excluding carboxylic acids is 1. The van der Waals surface area contributed by atoms with Gasteiger partial charge in [0.15, 0.2) is 0 Å². The predicted molar refractivity (Wildman–Crippen MR) is 84.2 cm³/mol. The zero-order valence-corrected chi connectivity index (χ0v) is 13.2. The van der Waals surface area contributed by atoms with Gasteiger partial charge in [0.1, 0.15) is 5.75 Å². The Kier molecular flexibility index (Phi) is 5.96. The Balaban J connectivity index is 1.83. The lowest BCUT2D eigenvalue weighted by molar-refractivity contribution is -0.140. The van der Waals surface area contributed by atoms with Gasteiger partial charge in [-0.2, -0.15) is 0 Å². The van der Waals surface area contributed by atoms with Crippen LogP contribution >= 0.6 is 11.8 Å². The van der Waals surface area contributed by atoms with Crippen molar-refractivity contribution in [2.24, 2.45) is 11.8 Å². The lowest BCUT2D eigenvalue weighted by Crippen LogP contribution is -2.25. The van der Waals surface area contributed by atoms with E-state index in [1.165, 1.54) is 30.6 Å². The van der Waals surface area contributed by atoms with Crippen LogP contribution in [0.5, 0.6) is 5.75 Å². The highest BCUT2D eigenvalue weighted by atomic mass is 32.2. The van der Waals surface area contributed by atoms with Gasteiger partial charge in [-0.3, -0.25) is 4.79 Å². The molecule has 1 aliphatic carbocycles. The van der Waals surface area contributed by atoms with E-state index in [1.807, 2.05) is 30.5 Å². The van der Waals surface area contributed by atoms with Gasteiger partial charge in [-0.25, -0.2) is 0 Å². The average molecular weight is 292 g/mol. The van der Waals surface area contributed by atoms with E-state index in [-0.39, 0.29) is 11.9 Å². The molecule has 0 saturated heterocycles. The molecule has 0 atom stereocenters. The number of benzene rings is 1. The predicted octanol–water partition coefficient (Wildman–Crippen LogP) is 4.92. The first-order chi connectivity index (χ1) is 9.72. The Morgan fingerprint density at radius 1 is 1.20 bits per heavy atom. The topological polar surface area (TPSA) is 26.3 Å². The van der Waals surface area contributed by atoms with E-state index >= 15 is 0 Å². The number of carbonyl (C=O) groups is 1. The second-order valence-electron chi connectivity index (χ2n) is 5.60. The summed E-state index contributed by atoms with van der Waals surface area (Å²) in [5.74, 6) is 1.55. The first-order valence-electron chi connectivity index (χ1n) is 7.58. The first kappa shape index (κ1) is 15.4. The number of rotatable bonds is 5. The highest BCUT2D eigenvalue weighted by molar-refractivity contribution is 7.98. The van der Waals surface area contributed by atoms with Crippen molar-refractivity contribution in [3.63, 3.8) is 0 Å². The molecular weight excluding hydrogens is 268 g/mol. The maximum atomic E-state index is 12.2. The molecule has 1 aromatic carbocycles. The van der Waals surface area contributed by atoms with Crippen molar-refractivity contribution in [2.75, 3.05) is 6.26 Å². The Bertz CT molecular complexity index is 419. The third-order valence-electron chi connectivity index (χ3n) is 4.15. The molecule has 3 heteroatoms. The van der Waals surface area contributed by atoms with Crippen LogP contribution in [0.25, 0.3) is 0 Å². The standard InChI is InChI=1S/C17H24O2S/c1-3-4-13-5-7-14(8-6-13)17(18)19-15-9-11-16(20-2)12-10-15/h9-14H,3-8H2,1-2H3. The largest absolute Gasteiger partial charge is 0.426 e. The van der Waals surface area contributed by atoms with Gasteiger partial charge in [-0.1, -0.05) is 19.8 Å². The summed E-state index contributed by atoms with van der Waals surface area (Å²) in [5, 5.41) is 0. The van der Waals surface area contributed by atoms with Crippen molar-refractivity contribution >= 4 is 17.7 Å². The summed E-state index contributed by atoms with van der Waals surface area (Å²) in [6.07, 6.45) is 8.94. The quantitative estimate of drug-likeness (QED) is 0.438. The molecule has 1 saturated carbocycles. The molecule has 0 bridgehead atoms. The molecule has 110 valence electrons. The molecule has 2 rings (SSSR count). The smallest absolute Gasteiger partial charge is 0.314 e. The number of esters is 1. The molecule has 0 aliphatic heterocycles. The molecule has 1 aliphatic rings. The van der Waals surface area contributed by atoms with Gasteiger partial charge >= 0.3 is 5.97 Å². The fourth-order valence-electron chi connectivity index (χ4n) is 2.94. The minimum Gasteiger partial charge on any atom is -0.426 e. The zero-order chi connectivity index (χ0) is 14.4. The zero-order valence-electron chi connectivity index (χ0n) is 12.4. The van der Waals surface area contributed by atoms with E-state index in [0.29, 0.717) is 5.75 Å². The summed E-state index contributed by atoms with van der Waals surface area (Å²) < 4.78 is 5.50. The fraction of sp³-hybridized carbons (Fsp3) is 0.588. The lowest BCUT2D eigenvalue weighted by atomic mass is 9.80. The van der Waals surface area contributed by atoms with Crippen molar-refractivity contribution in [3.05, 3.63) is 24.3 Å². The lowest BCUT2D eigenvalue weighted by Gasteiger charge is -2.26. The van der Waals surface area contributed by atoms with Gasteiger partial charge in [0.2, 0.25) is 0 Å². The summed E-state index contributed by atoms with van der Waals surface area (Å²) in [6, 6.07) is 7.75. The van der Waals surface area contributed by atoms with E-state index in [9.17, 15) is 4.79 Å². The van der Waals surface area contributed by atoms with Crippen molar-refractivity contribution in [1.29, 1.82) is 0 Å². The third kappa shape index (κ3) is 4.27. The van der Waals surface area contributed by atoms with Gasteiger partial charge in [-0.05, 0) is 62.1 Å². The molecule has 0 spiro atoms. The monoisotopic (exact) mass is 292 g/mol. The molecule has 0 radical (unpaired) electrons. The van der Waals surface area contributed by atoms with E-state index in [2.05, 4.69) is 6.92 Å². The van der Waals surface area contributed by atoms with Gasteiger partial charge in [-0.15, -0.1) is 11.8 Å². The maximum absolute atomic E-state index is 12.2. The van der Waals surface area contributed by atoms with Gasteiger partial charge < -0.3 is 4.74 Å². The number of ether oxygens (including phenoxy) is 1. The average Bonchev–Trinajstić information content (AvgIpc) is 2.49. The Labute approximate surface area is 126 Å². The van der Waals surface area contributed by atoms with E-state index in [1.54, 1.807) is 11.8 Å². The minimum absolute atomic E-state index is 0.0446. The van der Waals surface area contributed by atoms with Crippen LogP contribution in [-0.2, 0) is 4.79 Å². The molecule has 1 fully saturated rings. The van der Waals surface area contributed by atoms with Crippen LogP contribution in [0.2, 0.25) is 0 Å². The molecule has 0 unspecified atom stereocenters. The summed E-state index contributed by atoms with van der Waals surface area (Å²) >= 11 is 1.69. The molecule has 0 heterocycles. The summed E-state index contributed by atoms with van der Waals surface area (Å²) in [4.78, 5) is 13.3. The first-order valence-corrected chi connectivity index (χ1v) is 8.81. The number of hydrogen-bond donors (Lipinski definition) is 0. The van der Waals surface area contributed by atoms with Crippen molar-refractivity contribution in [1.82, 2.24) is 0 Å². The molecule has 0 aromatic heterocycles. The Hall–Kier alpha value is -0.960. The van der Waals surface area contributed by atoms with Crippen LogP contribution in [0, 0.1) is 11.8 Å². The number of thioether (sulfide) groups is 1. The van der Waals surface area contributed by atoms with Crippen LogP contribution in [0.15, 0.2) is 29.2 Å². The second-order valence-corrected chi connectivity index (χ2v) is 6.48. The highest BCUT2D eigenvalue weighted by Crippen LogP contribution is 2.32. The third-order valence-corrected chi connectivity index (χ3v) is 4.90. The van der Waals surface area contributed by atoms with Crippen molar-refractivity contribution in [3.8, 4) is 5.75 Å². The molecule has 0 amide bonds. The van der Waals surface area contributed by atoms with Crippen LogP contribution < -0.4 is 4.74 Å². The van der Waals surface area contributed by atoms with Crippen LogP contribution in [0.3, 0.4) is 0 Å². The van der Waals surface area contributed by atoms with E-state index in [4.69, 9.17) is 4.74 Å². The minimum atomic E-state index is -0.0446. The highest BCUT2D eigenvalue weighted by Gasteiger charge is 2.27. The Morgan fingerprint density at radius 3 is 2.40 bits per heavy atom. The van der Waals surface area contributed by atoms with Crippen LogP contribution in [0.4, 0.5) is 0 Å². The molecule has 1 aromatic rings. The van der Waals surface area contributed by atoms with Gasteiger partial charge in [0.05, 0.1) is 5.92 Å². The maximum Gasteiger partial charge on any atom is 0.314 e. The second kappa shape index (κ2) is 7.72. The van der Waals surface area contributed by atoms with Gasteiger partial charge in [0, 0.05) is 4.90 Å². The van der Waals surface area contributed by atoms with Crippen LogP contribution in [-0.4, -0.2) is 12.2 Å². The van der Waals surface area contributed by atoms with E-state index in [0.717, 1.165) is 18.8 Å². The number of hydrogen-bond acceptors (Lipinski definition) is 3. The summed E-state index contributed by atoms with van der Waals surface area (Å²) in [5.41, 5.74) is 0. The summed E-state index contributed by atoms with van der Waals surface area (Å²) in [7, 11) is 0. The molecule has 2 nitrogen and oxygen atoms in total. The Morgan fingerprint density at radius 2 is 1.85 bits per heavy atom. The fourth-order valence-corrected chi connectivity index (χ4v) is 3.35. The van der Waals surface area contributed by atoms with Crippen LogP contribution in [0.1, 0.15) is 45.4 Å². The van der Waals surface area contributed by atoms with Crippen molar-refractivity contribution < 1.29 is 9.53 Å². The molecule has 0 N–H and O–H groups in total. The molecular formula is C17H24O2S. The van der Waals surface area contributed by atoms with Gasteiger partial charge in [0.25, 0.3) is 0 Å².